The normalized spacial score (nSPS) is 10.2. The fourth-order valence-corrected chi connectivity index (χ4v) is 1.75. The average Bonchev–Trinajstić information content (AvgIpc) is 2.44. The van der Waals surface area contributed by atoms with Gasteiger partial charge < -0.3 is 14.8 Å². The highest BCUT2D eigenvalue weighted by molar-refractivity contribution is 5.66. The Hall–Kier alpha value is -1.71. The third kappa shape index (κ3) is 2.66. The van der Waals surface area contributed by atoms with Gasteiger partial charge in [0.25, 0.3) is 0 Å². The van der Waals surface area contributed by atoms with Gasteiger partial charge in [0.2, 0.25) is 0 Å². The molecule has 0 saturated carbocycles. The number of nitrogens with one attached hydrogen (secondary N) is 1. The molecule has 0 radical (unpaired) electrons. The van der Waals surface area contributed by atoms with Crippen molar-refractivity contribution < 1.29 is 14.6 Å². The number of ether oxygens (including phenoxy) is 1. The minimum absolute atomic E-state index is 0.0272. The Bertz CT molecular complexity index is 418. The lowest BCUT2D eigenvalue weighted by molar-refractivity contribution is -0.140. The summed E-state index contributed by atoms with van der Waals surface area (Å²) >= 11 is 0. The highest BCUT2D eigenvalue weighted by atomic mass is 16.5. The minimum atomic E-state index is -0.280. The molecule has 0 spiro atoms. The summed E-state index contributed by atoms with van der Waals surface area (Å²) in [5.74, 6) is -0.253. The molecule has 0 aliphatic rings. The number of aromatic amines is 1. The quantitative estimate of drug-likeness (QED) is 0.608. The molecule has 0 aliphatic carbocycles. The molecule has 0 aliphatic heterocycles. The number of esters is 1. The molecular weight excluding hydrogens is 206 g/mol. The van der Waals surface area contributed by atoms with Crippen molar-refractivity contribution in [1.29, 1.82) is 0 Å². The molecule has 0 aromatic carbocycles. The van der Waals surface area contributed by atoms with Gasteiger partial charge in [0.05, 0.1) is 12.3 Å². The molecule has 0 amide bonds. The molecule has 1 aromatic heterocycles. The molecule has 4 nitrogen and oxygen atoms in total. The van der Waals surface area contributed by atoms with E-state index in [4.69, 9.17) is 4.74 Å². The summed E-state index contributed by atoms with van der Waals surface area (Å²) in [7, 11) is 0. The Morgan fingerprint density at radius 2 is 2.12 bits per heavy atom. The van der Waals surface area contributed by atoms with Crippen LogP contribution >= 0.6 is 0 Å². The fourth-order valence-electron chi connectivity index (χ4n) is 1.75. The van der Waals surface area contributed by atoms with Crippen LogP contribution in [-0.2, 0) is 16.0 Å². The largest absolute Gasteiger partial charge is 0.506 e. The summed E-state index contributed by atoms with van der Waals surface area (Å²) in [4.78, 5) is 13.7. The number of carbonyl (C=O) groups is 1. The van der Waals surface area contributed by atoms with Gasteiger partial charge in [-0.15, -0.1) is 0 Å². The van der Waals surface area contributed by atoms with Crippen LogP contribution < -0.4 is 0 Å². The number of aliphatic hydroxyl groups is 1. The Morgan fingerprint density at radius 1 is 1.50 bits per heavy atom. The van der Waals surface area contributed by atoms with Crippen LogP contribution in [0, 0.1) is 13.8 Å². The molecule has 2 N–H and O–H groups in total. The van der Waals surface area contributed by atoms with Crippen molar-refractivity contribution in [3.63, 3.8) is 0 Å². The van der Waals surface area contributed by atoms with Crippen LogP contribution in [-0.4, -0.2) is 22.7 Å². The predicted octanol–water partition coefficient (Wildman–Crippen LogP) is 2.27. The molecule has 88 valence electrons. The molecule has 4 heteroatoms. The number of H-pyrrole nitrogens is 1. The van der Waals surface area contributed by atoms with Crippen LogP contribution in [0.15, 0.2) is 6.58 Å². The summed E-state index contributed by atoms with van der Waals surface area (Å²) in [5, 5.41) is 9.34. The minimum Gasteiger partial charge on any atom is -0.506 e. The van der Waals surface area contributed by atoms with Gasteiger partial charge in [-0.3, -0.25) is 4.79 Å². The maximum atomic E-state index is 10.6. The number of carbonyl (C=O) groups excluding carboxylic acids is 1. The van der Waals surface area contributed by atoms with Crippen LogP contribution in [0.2, 0.25) is 0 Å². The van der Waals surface area contributed by atoms with Crippen molar-refractivity contribution in [2.75, 3.05) is 6.61 Å². The zero-order valence-electron chi connectivity index (χ0n) is 9.89. The van der Waals surface area contributed by atoms with Crippen LogP contribution in [0.4, 0.5) is 0 Å². The van der Waals surface area contributed by atoms with E-state index in [1.54, 1.807) is 0 Å². The zero-order chi connectivity index (χ0) is 12.3. The fraction of sp³-hybridized carbons (Fsp3) is 0.417. The Balaban J connectivity index is 2.80. The lowest BCUT2D eigenvalue weighted by Gasteiger charge is -2.03. The maximum Gasteiger partial charge on any atom is 0.302 e. The van der Waals surface area contributed by atoms with Crippen LogP contribution in [0.3, 0.4) is 0 Å². The standard InChI is InChI=1S/C12H17NO3/c1-7-11(5-6-16-10(4)15)8(2)13-12(7)9(3)14/h13-14H,3,5-6H2,1-2,4H3. The van der Waals surface area contributed by atoms with E-state index in [1.165, 1.54) is 6.92 Å². The average molecular weight is 223 g/mol. The van der Waals surface area contributed by atoms with Crippen molar-refractivity contribution >= 4 is 11.7 Å². The lowest BCUT2D eigenvalue weighted by Crippen LogP contribution is -2.04. The van der Waals surface area contributed by atoms with Crippen molar-refractivity contribution in [2.24, 2.45) is 0 Å². The van der Waals surface area contributed by atoms with E-state index < -0.39 is 0 Å². The SMILES string of the molecule is C=C(O)c1[nH]c(C)c(CCOC(C)=O)c1C. The van der Waals surface area contributed by atoms with Crippen molar-refractivity contribution in [1.82, 2.24) is 4.98 Å². The summed E-state index contributed by atoms with van der Waals surface area (Å²) < 4.78 is 4.89. The van der Waals surface area contributed by atoms with Gasteiger partial charge >= 0.3 is 5.97 Å². The summed E-state index contributed by atoms with van der Waals surface area (Å²) in [6, 6.07) is 0. The van der Waals surface area contributed by atoms with Crippen LogP contribution in [0.25, 0.3) is 5.76 Å². The Morgan fingerprint density at radius 3 is 2.56 bits per heavy atom. The second kappa shape index (κ2) is 4.88. The second-order valence-electron chi connectivity index (χ2n) is 3.77. The second-order valence-corrected chi connectivity index (χ2v) is 3.77. The number of hydrogen-bond acceptors (Lipinski definition) is 3. The lowest BCUT2D eigenvalue weighted by atomic mass is 10.1. The van der Waals surface area contributed by atoms with E-state index in [-0.39, 0.29) is 11.7 Å². The molecule has 0 saturated heterocycles. The van der Waals surface area contributed by atoms with E-state index in [2.05, 4.69) is 11.6 Å². The van der Waals surface area contributed by atoms with Crippen LogP contribution in [0.5, 0.6) is 0 Å². The van der Waals surface area contributed by atoms with Gasteiger partial charge in [0.1, 0.15) is 5.76 Å². The Kier molecular flexibility index (Phi) is 3.77. The molecular formula is C12H17NO3. The molecule has 0 bridgehead atoms. The van der Waals surface area contributed by atoms with Gasteiger partial charge in [-0.2, -0.15) is 0 Å². The van der Waals surface area contributed by atoms with E-state index in [0.717, 1.165) is 16.8 Å². The molecule has 0 fully saturated rings. The van der Waals surface area contributed by atoms with Gasteiger partial charge in [-0.1, -0.05) is 6.58 Å². The number of aliphatic hydroxyl groups excluding tert-OH is 1. The summed E-state index contributed by atoms with van der Waals surface area (Å²) in [5.41, 5.74) is 3.63. The van der Waals surface area contributed by atoms with Crippen LogP contribution in [0.1, 0.15) is 29.4 Å². The highest BCUT2D eigenvalue weighted by Crippen LogP contribution is 2.22. The van der Waals surface area contributed by atoms with Crippen molar-refractivity contribution in [2.45, 2.75) is 27.2 Å². The smallest absolute Gasteiger partial charge is 0.302 e. The van der Waals surface area contributed by atoms with E-state index >= 15 is 0 Å². The number of aryl methyl sites for hydroxylation is 1. The predicted molar refractivity (Wildman–Crippen MR) is 62.3 cm³/mol. The first-order valence-corrected chi connectivity index (χ1v) is 5.13. The topological polar surface area (TPSA) is 62.3 Å². The van der Waals surface area contributed by atoms with E-state index in [1.807, 2.05) is 13.8 Å². The van der Waals surface area contributed by atoms with Gasteiger partial charge in [-0.25, -0.2) is 0 Å². The molecule has 1 aromatic rings. The van der Waals surface area contributed by atoms with Gasteiger partial charge in [0, 0.05) is 19.0 Å². The summed E-state index contributed by atoms with van der Waals surface area (Å²) in [6.45, 7) is 9.05. The van der Waals surface area contributed by atoms with Gasteiger partial charge in [0.15, 0.2) is 0 Å². The maximum absolute atomic E-state index is 10.6. The first-order valence-electron chi connectivity index (χ1n) is 5.13. The first-order chi connectivity index (χ1) is 7.43. The molecule has 1 rings (SSSR count). The zero-order valence-corrected chi connectivity index (χ0v) is 9.89. The molecule has 0 atom stereocenters. The van der Waals surface area contributed by atoms with E-state index in [9.17, 15) is 9.90 Å². The third-order valence-corrected chi connectivity index (χ3v) is 2.54. The number of aromatic nitrogens is 1. The molecule has 0 unspecified atom stereocenters. The number of hydrogen-bond donors (Lipinski definition) is 2. The molecule has 16 heavy (non-hydrogen) atoms. The number of rotatable bonds is 4. The highest BCUT2D eigenvalue weighted by Gasteiger charge is 2.13. The monoisotopic (exact) mass is 223 g/mol. The van der Waals surface area contributed by atoms with Gasteiger partial charge in [-0.05, 0) is 25.0 Å². The molecule has 1 heterocycles. The Labute approximate surface area is 94.9 Å². The first kappa shape index (κ1) is 12.4. The van der Waals surface area contributed by atoms with Crippen molar-refractivity contribution in [3.8, 4) is 0 Å². The third-order valence-electron chi connectivity index (χ3n) is 2.54. The summed E-state index contributed by atoms with van der Waals surface area (Å²) in [6.07, 6.45) is 0.640. The van der Waals surface area contributed by atoms with E-state index in [0.29, 0.717) is 18.7 Å². The van der Waals surface area contributed by atoms with Crippen molar-refractivity contribution in [3.05, 3.63) is 29.1 Å².